The molecule has 30 heavy (non-hydrogen) atoms. The largest absolute Gasteiger partial charge is 0.497 e. The molecule has 10 heteroatoms. The zero-order chi connectivity index (χ0) is 22.6. The van der Waals surface area contributed by atoms with Gasteiger partial charge in [-0.15, -0.1) is 0 Å². The molecule has 9 nitrogen and oxygen atoms in total. The first-order chi connectivity index (χ1) is 14.0. The highest BCUT2D eigenvalue weighted by Crippen LogP contribution is 2.29. The van der Waals surface area contributed by atoms with Crippen molar-refractivity contribution in [1.82, 2.24) is 0 Å². The van der Waals surface area contributed by atoms with Crippen LogP contribution in [0, 0.1) is 20.2 Å². The molecule has 0 amide bonds. The second kappa shape index (κ2) is 9.03. The quantitative estimate of drug-likeness (QED) is 0.267. The van der Waals surface area contributed by atoms with E-state index in [2.05, 4.69) is 13.1 Å². The topological polar surface area (TPSA) is 122 Å². The monoisotopic (exact) mass is 432 g/mol. The molecule has 0 radical (unpaired) electrons. The smallest absolute Gasteiger partial charge is 0.338 e. The molecule has 2 aromatic rings. The first-order valence-electron chi connectivity index (χ1n) is 9.26. The summed E-state index contributed by atoms with van der Waals surface area (Å²) in [7, 11) is -0.459. The average Bonchev–Trinajstić information content (AvgIpc) is 2.72. The van der Waals surface area contributed by atoms with Crippen molar-refractivity contribution in [3.63, 3.8) is 0 Å². The van der Waals surface area contributed by atoms with Crippen LogP contribution in [-0.4, -0.2) is 37.1 Å². The van der Waals surface area contributed by atoms with Crippen LogP contribution in [0.5, 0.6) is 5.75 Å². The van der Waals surface area contributed by atoms with Crippen LogP contribution in [0.25, 0.3) is 0 Å². The van der Waals surface area contributed by atoms with Crippen molar-refractivity contribution in [2.24, 2.45) is 0 Å². The summed E-state index contributed by atoms with van der Waals surface area (Å²) in [6.45, 7) is 8.06. The maximum atomic E-state index is 12.6. The van der Waals surface area contributed by atoms with E-state index in [-0.39, 0.29) is 11.1 Å². The zero-order valence-electron chi connectivity index (χ0n) is 17.4. The third-order valence-electron chi connectivity index (χ3n) is 5.53. The van der Waals surface area contributed by atoms with Gasteiger partial charge in [0.05, 0.1) is 42.8 Å². The number of non-ortho nitro benzene ring substituents is 2. The minimum atomic E-state index is -2.06. The van der Waals surface area contributed by atoms with Crippen LogP contribution < -0.4 is 9.92 Å². The lowest BCUT2D eigenvalue weighted by atomic mass is 10.1. The van der Waals surface area contributed by atoms with E-state index in [4.69, 9.17) is 9.47 Å². The lowest BCUT2D eigenvalue weighted by molar-refractivity contribution is -0.394. The van der Waals surface area contributed by atoms with Crippen molar-refractivity contribution in [3.05, 3.63) is 68.3 Å². The van der Waals surface area contributed by atoms with E-state index in [1.807, 2.05) is 31.2 Å². The lowest BCUT2D eigenvalue weighted by Crippen LogP contribution is -2.49. The number of hydrogen-bond acceptors (Lipinski definition) is 7. The number of methoxy groups -OCH3 is 1. The molecule has 0 unspecified atom stereocenters. The Bertz CT molecular complexity index is 928. The van der Waals surface area contributed by atoms with Crippen LogP contribution in [0.3, 0.4) is 0 Å². The maximum absolute atomic E-state index is 12.6. The SMILES string of the molecule is COc1ccc([Si](C)(C)[C@@H](C)[C@H](C)OC(=O)c2cc([N+](=O)[O-])cc([N+](=O)[O-])c2)cc1. The molecule has 0 bridgehead atoms. The summed E-state index contributed by atoms with van der Waals surface area (Å²) in [4.78, 5) is 33.1. The summed E-state index contributed by atoms with van der Waals surface area (Å²) in [5.41, 5.74) is -1.29. The number of benzene rings is 2. The van der Waals surface area contributed by atoms with Crippen molar-refractivity contribution in [2.75, 3.05) is 7.11 Å². The molecular formula is C20H24N2O7Si. The standard InChI is InChI=1S/C20H24N2O7Si/c1-13(14(2)30(4,5)19-8-6-18(28-3)7-9-19)29-20(23)15-10-16(21(24)25)12-17(11-15)22(26)27/h6-14H,1-5H3/t13-,14-/m0/s1. The molecule has 0 aliphatic rings. The van der Waals surface area contributed by atoms with Gasteiger partial charge < -0.3 is 9.47 Å². The Labute approximate surface area is 174 Å². The van der Waals surface area contributed by atoms with E-state index in [0.717, 1.165) is 29.1 Å². The van der Waals surface area contributed by atoms with Crippen molar-refractivity contribution in [2.45, 2.75) is 38.6 Å². The first-order valence-corrected chi connectivity index (χ1v) is 12.3. The van der Waals surface area contributed by atoms with Gasteiger partial charge in [-0.3, -0.25) is 20.2 Å². The predicted molar refractivity (Wildman–Crippen MR) is 114 cm³/mol. The van der Waals surface area contributed by atoms with E-state index in [9.17, 15) is 25.0 Å². The Balaban J connectivity index is 2.23. The Morgan fingerprint density at radius 1 is 0.967 bits per heavy atom. The highest BCUT2D eigenvalue weighted by atomic mass is 28.3. The van der Waals surface area contributed by atoms with Gasteiger partial charge >= 0.3 is 5.97 Å². The normalized spacial score (nSPS) is 13.2. The predicted octanol–water partition coefficient (Wildman–Crippen LogP) is 4.06. The molecule has 0 aliphatic carbocycles. The van der Waals surface area contributed by atoms with E-state index in [1.165, 1.54) is 0 Å². The van der Waals surface area contributed by atoms with Crippen LogP contribution in [0.1, 0.15) is 24.2 Å². The van der Waals surface area contributed by atoms with Crippen LogP contribution in [-0.2, 0) is 4.74 Å². The molecule has 2 aromatic carbocycles. The van der Waals surface area contributed by atoms with Gasteiger partial charge in [-0.05, 0) is 24.6 Å². The molecule has 0 aliphatic heterocycles. The molecule has 0 N–H and O–H groups in total. The first kappa shape index (κ1) is 23.0. The van der Waals surface area contributed by atoms with Gasteiger partial charge in [0.2, 0.25) is 0 Å². The Hall–Kier alpha value is -3.27. The van der Waals surface area contributed by atoms with E-state index in [1.54, 1.807) is 14.0 Å². The minimum Gasteiger partial charge on any atom is -0.497 e. The molecule has 0 saturated heterocycles. The summed E-state index contributed by atoms with van der Waals surface area (Å²) < 4.78 is 10.7. The number of nitro groups is 2. The van der Waals surface area contributed by atoms with E-state index < -0.39 is 41.4 Å². The molecular weight excluding hydrogens is 408 g/mol. The summed E-state index contributed by atoms with van der Waals surface area (Å²) >= 11 is 0. The summed E-state index contributed by atoms with van der Waals surface area (Å²) in [5, 5.41) is 23.2. The summed E-state index contributed by atoms with van der Waals surface area (Å²) in [6, 6.07) is 10.5. The van der Waals surface area contributed by atoms with Gasteiger partial charge in [0, 0.05) is 12.1 Å². The second-order valence-corrected chi connectivity index (χ2v) is 12.5. The highest BCUT2D eigenvalue weighted by Gasteiger charge is 2.36. The highest BCUT2D eigenvalue weighted by molar-refractivity contribution is 6.91. The van der Waals surface area contributed by atoms with Crippen molar-refractivity contribution in [3.8, 4) is 5.75 Å². The summed E-state index contributed by atoms with van der Waals surface area (Å²) in [5.74, 6) is -0.0800. The average molecular weight is 433 g/mol. The van der Waals surface area contributed by atoms with Gasteiger partial charge in [0.15, 0.2) is 0 Å². The zero-order valence-corrected chi connectivity index (χ0v) is 18.4. The fraction of sp³-hybridized carbons (Fsp3) is 0.350. The molecule has 0 saturated carbocycles. The fourth-order valence-corrected chi connectivity index (χ4v) is 5.93. The minimum absolute atomic E-state index is 0.00327. The Morgan fingerprint density at radius 3 is 1.90 bits per heavy atom. The van der Waals surface area contributed by atoms with Crippen molar-refractivity contribution < 1.29 is 24.1 Å². The molecule has 0 aromatic heterocycles. The van der Waals surface area contributed by atoms with Crippen LogP contribution in [0.2, 0.25) is 18.6 Å². The van der Waals surface area contributed by atoms with E-state index >= 15 is 0 Å². The van der Waals surface area contributed by atoms with Crippen molar-refractivity contribution >= 4 is 30.6 Å². The number of hydrogen-bond donors (Lipinski definition) is 0. The molecule has 0 heterocycles. The van der Waals surface area contributed by atoms with Crippen LogP contribution >= 0.6 is 0 Å². The van der Waals surface area contributed by atoms with Gasteiger partial charge in [-0.25, -0.2) is 4.79 Å². The Morgan fingerprint density at radius 2 is 1.47 bits per heavy atom. The van der Waals surface area contributed by atoms with Gasteiger partial charge in [0.25, 0.3) is 11.4 Å². The number of nitrogens with zero attached hydrogens (tertiary/aromatic N) is 2. The van der Waals surface area contributed by atoms with Gasteiger partial charge in [0.1, 0.15) is 5.75 Å². The van der Waals surface area contributed by atoms with Gasteiger partial charge in [-0.2, -0.15) is 0 Å². The summed E-state index contributed by atoms with van der Waals surface area (Å²) in [6.07, 6.45) is -0.500. The molecule has 160 valence electrons. The molecule has 0 fully saturated rings. The number of esters is 1. The lowest BCUT2D eigenvalue weighted by Gasteiger charge is -2.34. The third kappa shape index (κ3) is 5.01. The molecule has 0 spiro atoms. The van der Waals surface area contributed by atoms with Crippen LogP contribution in [0.4, 0.5) is 11.4 Å². The van der Waals surface area contributed by atoms with Crippen molar-refractivity contribution in [1.29, 1.82) is 0 Å². The number of rotatable bonds is 8. The number of carbonyl (C=O) groups excluding carboxylic acids is 1. The number of ether oxygens (including phenoxy) is 2. The maximum Gasteiger partial charge on any atom is 0.338 e. The third-order valence-corrected chi connectivity index (χ3v) is 10.1. The van der Waals surface area contributed by atoms with E-state index in [0.29, 0.717) is 0 Å². The number of carbonyl (C=O) groups is 1. The Kier molecular flexibility index (Phi) is 6.93. The fourth-order valence-electron chi connectivity index (χ4n) is 3.13. The number of nitro benzene ring substituents is 2. The second-order valence-electron chi connectivity index (χ2n) is 7.60. The molecule has 2 rings (SSSR count). The van der Waals surface area contributed by atoms with Crippen LogP contribution in [0.15, 0.2) is 42.5 Å². The van der Waals surface area contributed by atoms with Gasteiger partial charge in [-0.1, -0.05) is 37.3 Å². The molecule has 2 atom stereocenters.